The second kappa shape index (κ2) is 5.23. The van der Waals surface area contributed by atoms with E-state index in [0.717, 1.165) is 19.1 Å². The largest absolute Gasteiger partial charge is 0.319 e. The van der Waals surface area contributed by atoms with Gasteiger partial charge in [0, 0.05) is 24.0 Å². The monoisotopic (exact) mass is 279 g/mol. The molecule has 2 atom stereocenters. The minimum absolute atomic E-state index is 0.0649. The number of hydrogen-bond donors (Lipinski definition) is 1. The summed E-state index contributed by atoms with van der Waals surface area (Å²) < 4.78 is 0. The molecule has 1 aromatic rings. The summed E-state index contributed by atoms with van der Waals surface area (Å²) in [6, 6.07) is 4.83. The number of nitrogens with one attached hydrogen (secondary N) is 1. The van der Waals surface area contributed by atoms with E-state index in [-0.39, 0.29) is 18.1 Å². The first-order valence-electron chi connectivity index (χ1n) is 6.97. The summed E-state index contributed by atoms with van der Waals surface area (Å²) in [5.41, 5.74) is 0. The standard InChI is InChI=1S/C14H21N3OS/c1-10-14(18)17(8-7-16(2)11-5-6-11)13(15-10)12-4-3-9-19-12/h3-4,9-11,13,15H,5-8H2,1-2H3. The highest BCUT2D eigenvalue weighted by molar-refractivity contribution is 7.10. The van der Waals surface area contributed by atoms with Crippen molar-refractivity contribution < 1.29 is 4.79 Å². The average molecular weight is 279 g/mol. The number of likely N-dealkylation sites (N-methyl/N-ethyl adjacent to an activating group) is 1. The van der Waals surface area contributed by atoms with Crippen molar-refractivity contribution in [2.75, 3.05) is 20.1 Å². The van der Waals surface area contributed by atoms with E-state index in [9.17, 15) is 4.79 Å². The van der Waals surface area contributed by atoms with E-state index >= 15 is 0 Å². The smallest absolute Gasteiger partial charge is 0.241 e. The van der Waals surface area contributed by atoms with Crippen LogP contribution >= 0.6 is 11.3 Å². The maximum atomic E-state index is 12.3. The Kier molecular flexibility index (Phi) is 3.60. The van der Waals surface area contributed by atoms with E-state index in [1.165, 1.54) is 17.7 Å². The quantitative estimate of drug-likeness (QED) is 0.890. The van der Waals surface area contributed by atoms with Gasteiger partial charge in [0.2, 0.25) is 5.91 Å². The Morgan fingerprint density at radius 2 is 2.32 bits per heavy atom. The van der Waals surface area contributed by atoms with E-state index in [1.807, 2.05) is 17.9 Å². The van der Waals surface area contributed by atoms with Gasteiger partial charge in [0.1, 0.15) is 6.17 Å². The number of hydrogen-bond acceptors (Lipinski definition) is 4. The third kappa shape index (κ3) is 2.68. The second-order valence-corrected chi connectivity index (χ2v) is 6.53. The number of carbonyl (C=O) groups excluding carboxylic acids is 1. The molecule has 0 aromatic carbocycles. The summed E-state index contributed by atoms with van der Waals surface area (Å²) in [7, 11) is 2.16. The van der Waals surface area contributed by atoms with Gasteiger partial charge in [-0.25, -0.2) is 0 Å². The van der Waals surface area contributed by atoms with Gasteiger partial charge in [-0.2, -0.15) is 0 Å². The van der Waals surface area contributed by atoms with Crippen LogP contribution in [0.15, 0.2) is 17.5 Å². The predicted octanol–water partition coefficient (Wildman–Crippen LogP) is 1.66. The van der Waals surface area contributed by atoms with Crippen molar-refractivity contribution in [3.05, 3.63) is 22.4 Å². The minimum atomic E-state index is -0.0710. The lowest BCUT2D eigenvalue weighted by Crippen LogP contribution is -2.37. The predicted molar refractivity (Wildman–Crippen MR) is 77.0 cm³/mol. The van der Waals surface area contributed by atoms with Crippen LogP contribution in [0.5, 0.6) is 0 Å². The Balaban J connectivity index is 1.66. The van der Waals surface area contributed by atoms with Crippen LogP contribution in [0.1, 0.15) is 30.8 Å². The number of thiophene rings is 1. The minimum Gasteiger partial charge on any atom is -0.319 e. The molecule has 0 radical (unpaired) electrons. The summed E-state index contributed by atoms with van der Waals surface area (Å²) in [4.78, 5) is 17.9. The van der Waals surface area contributed by atoms with Crippen LogP contribution in [0.3, 0.4) is 0 Å². The molecule has 3 rings (SSSR count). The van der Waals surface area contributed by atoms with Crippen molar-refractivity contribution in [1.29, 1.82) is 0 Å². The molecule has 0 spiro atoms. The van der Waals surface area contributed by atoms with Crippen LogP contribution in [-0.4, -0.2) is 47.9 Å². The van der Waals surface area contributed by atoms with Crippen molar-refractivity contribution in [1.82, 2.24) is 15.1 Å². The van der Waals surface area contributed by atoms with E-state index in [1.54, 1.807) is 11.3 Å². The summed E-state index contributed by atoms with van der Waals surface area (Å²) in [6.07, 6.45) is 2.69. The summed E-state index contributed by atoms with van der Waals surface area (Å²) in [6.45, 7) is 3.73. The summed E-state index contributed by atoms with van der Waals surface area (Å²) in [5, 5.41) is 5.46. The molecule has 1 amide bonds. The Morgan fingerprint density at radius 3 is 2.95 bits per heavy atom. The first-order valence-corrected chi connectivity index (χ1v) is 7.85. The number of rotatable bonds is 5. The molecule has 1 aliphatic heterocycles. The van der Waals surface area contributed by atoms with Gasteiger partial charge in [-0.15, -0.1) is 11.3 Å². The van der Waals surface area contributed by atoms with E-state index in [2.05, 4.69) is 28.7 Å². The molecule has 1 aliphatic carbocycles. The van der Waals surface area contributed by atoms with Gasteiger partial charge in [0.05, 0.1) is 6.04 Å². The van der Waals surface area contributed by atoms with Crippen LogP contribution in [0.25, 0.3) is 0 Å². The van der Waals surface area contributed by atoms with Gasteiger partial charge in [0.25, 0.3) is 0 Å². The number of amides is 1. The molecule has 4 nitrogen and oxygen atoms in total. The van der Waals surface area contributed by atoms with E-state index in [4.69, 9.17) is 0 Å². The Labute approximate surface area is 118 Å². The maximum Gasteiger partial charge on any atom is 0.241 e. The highest BCUT2D eigenvalue weighted by Gasteiger charge is 2.37. The van der Waals surface area contributed by atoms with Crippen LogP contribution in [0.2, 0.25) is 0 Å². The lowest BCUT2D eigenvalue weighted by Gasteiger charge is -2.26. The molecule has 1 aromatic heterocycles. The zero-order valence-electron chi connectivity index (χ0n) is 11.5. The third-order valence-electron chi connectivity index (χ3n) is 4.05. The van der Waals surface area contributed by atoms with Crippen molar-refractivity contribution in [2.45, 2.75) is 38.0 Å². The molecule has 104 valence electrons. The molecule has 1 saturated carbocycles. The third-order valence-corrected chi connectivity index (χ3v) is 4.97. The van der Waals surface area contributed by atoms with Gasteiger partial charge in [-0.1, -0.05) is 6.07 Å². The SMILES string of the molecule is CC1NC(c2cccs2)N(CCN(C)C2CC2)C1=O. The first kappa shape index (κ1) is 13.1. The average Bonchev–Trinajstić information content (AvgIpc) is 3.04. The molecule has 1 N–H and O–H groups in total. The van der Waals surface area contributed by atoms with Crippen LogP contribution in [-0.2, 0) is 4.79 Å². The maximum absolute atomic E-state index is 12.3. The van der Waals surface area contributed by atoms with Gasteiger partial charge in [0.15, 0.2) is 0 Å². The van der Waals surface area contributed by atoms with E-state index in [0.29, 0.717) is 0 Å². The van der Waals surface area contributed by atoms with Crippen LogP contribution < -0.4 is 5.32 Å². The molecule has 1 saturated heterocycles. The fraction of sp³-hybridized carbons (Fsp3) is 0.643. The second-order valence-electron chi connectivity index (χ2n) is 5.55. The molecule has 19 heavy (non-hydrogen) atoms. The summed E-state index contributed by atoms with van der Waals surface area (Å²) in [5.74, 6) is 0.225. The first-order chi connectivity index (χ1) is 9.16. The molecule has 2 fully saturated rings. The molecular formula is C14H21N3OS. The molecule has 0 bridgehead atoms. The zero-order valence-corrected chi connectivity index (χ0v) is 12.3. The fourth-order valence-electron chi connectivity index (χ4n) is 2.66. The van der Waals surface area contributed by atoms with Gasteiger partial charge < -0.3 is 9.80 Å². The topological polar surface area (TPSA) is 35.6 Å². The molecule has 5 heteroatoms. The number of carbonyl (C=O) groups is 1. The molecular weight excluding hydrogens is 258 g/mol. The van der Waals surface area contributed by atoms with Gasteiger partial charge in [-0.05, 0) is 38.3 Å². The Morgan fingerprint density at radius 1 is 1.53 bits per heavy atom. The van der Waals surface area contributed by atoms with Gasteiger partial charge in [-0.3, -0.25) is 10.1 Å². The van der Waals surface area contributed by atoms with Crippen LogP contribution in [0, 0.1) is 0 Å². The van der Waals surface area contributed by atoms with Crippen molar-refractivity contribution in [3.8, 4) is 0 Å². The zero-order chi connectivity index (χ0) is 13.4. The van der Waals surface area contributed by atoms with Crippen molar-refractivity contribution >= 4 is 17.2 Å². The molecule has 2 aliphatic rings. The van der Waals surface area contributed by atoms with Crippen molar-refractivity contribution in [3.63, 3.8) is 0 Å². The lowest BCUT2D eigenvalue weighted by molar-refractivity contribution is -0.130. The normalized spacial score (nSPS) is 27.5. The molecule has 2 unspecified atom stereocenters. The Bertz CT molecular complexity index is 444. The fourth-order valence-corrected chi connectivity index (χ4v) is 3.45. The highest BCUT2D eigenvalue weighted by atomic mass is 32.1. The summed E-state index contributed by atoms with van der Waals surface area (Å²) >= 11 is 1.71. The lowest BCUT2D eigenvalue weighted by atomic mass is 10.3. The highest BCUT2D eigenvalue weighted by Crippen LogP contribution is 2.29. The van der Waals surface area contributed by atoms with E-state index < -0.39 is 0 Å². The molecule has 2 heterocycles. The van der Waals surface area contributed by atoms with Crippen molar-refractivity contribution in [2.24, 2.45) is 0 Å². The Hall–Kier alpha value is -0.910. The number of nitrogens with zero attached hydrogens (tertiary/aromatic N) is 2. The van der Waals surface area contributed by atoms with Crippen LogP contribution in [0.4, 0.5) is 0 Å². The van der Waals surface area contributed by atoms with Gasteiger partial charge >= 0.3 is 0 Å².